The Kier molecular flexibility index (Phi) is 3.68. The maximum absolute atomic E-state index is 12.8. The van der Waals surface area contributed by atoms with Crippen LogP contribution in [-0.2, 0) is 4.79 Å². The van der Waals surface area contributed by atoms with Gasteiger partial charge in [-0.15, -0.1) is 0 Å². The van der Waals surface area contributed by atoms with E-state index >= 15 is 0 Å². The van der Waals surface area contributed by atoms with Gasteiger partial charge in [-0.05, 0) is 54.3 Å². The van der Waals surface area contributed by atoms with E-state index in [-0.39, 0.29) is 11.8 Å². The first-order valence-electron chi connectivity index (χ1n) is 8.89. The molecule has 1 atom stereocenters. The molecule has 0 fully saturated rings. The summed E-state index contributed by atoms with van der Waals surface area (Å²) in [5, 5.41) is 4.78. The van der Waals surface area contributed by atoms with Crippen molar-refractivity contribution in [1.82, 2.24) is 4.98 Å². The molecule has 26 heavy (non-hydrogen) atoms. The Morgan fingerprint density at radius 1 is 1.04 bits per heavy atom. The molecule has 1 aliphatic carbocycles. The topological polar surface area (TPSA) is 42.0 Å². The van der Waals surface area contributed by atoms with Crippen LogP contribution in [0.5, 0.6) is 0 Å². The van der Waals surface area contributed by atoms with Gasteiger partial charge in [0.05, 0.1) is 17.2 Å². The van der Waals surface area contributed by atoms with Gasteiger partial charge in [0.2, 0.25) is 0 Å². The molecule has 1 N–H and O–H groups in total. The van der Waals surface area contributed by atoms with E-state index in [4.69, 9.17) is 0 Å². The van der Waals surface area contributed by atoms with E-state index in [0.29, 0.717) is 6.42 Å². The van der Waals surface area contributed by atoms with E-state index in [0.717, 1.165) is 50.6 Å². The highest BCUT2D eigenvalue weighted by atomic mass is 79.9. The van der Waals surface area contributed by atoms with Gasteiger partial charge in [0.1, 0.15) is 0 Å². The minimum atomic E-state index is -0.107. The second-order valence-electron chi connectivity index (χ2n) is 6.86. The molecule has 4 heteroatoms. The number of fused-ring (bicyclic) bond motifs is 4. The minimum Gasteiger partial charge on any atom is -0.373 e. The first-order chi connectivity index (χ1) is 12.7. The molecule has 3 aromatic rings. The molecule has 0 saturated carbocycles. The number of halogens is 1. The van der Waals surface area contributed by atoms with Crippen LogP contribution in [0.4, 0.5) is 5.69 Å². The lowest BCUT2D eigenvalue weighted by atomic mass is 9.77. The smallest absolute Gasteiger partial charge is 0.161 e. The zero-order chi connectivity index (χ0) is 17.7. The van der Waals surface area contributed by atoms with Gasteiger partial charge in [-0.25, -0.2) is 0 Å². The second kappa shape index (κ2) is 6.06. The molecule has 2 heterocycles. The molecule has 1 aromatic heterocycles. The number of hydrogen-bond acceptors (Lipinski definition) is 3. The van der Waals surface area contributed by atoms with Gasteiger partial charge in [0, 0.05) is 33.6 Å². The number of nitrogens with one attached hydrogen (secondary N) is 1. The normalized spacial score (nSPS) is 19.1. The first-order valence-corrected chi connectivity index (χ1v) is 9.68. The number of pyridine rings is 1. The number of carbonyl (C=O) groups excluding carboxylic acids is 1. The van der Waals surface area contributed by atoms with Crippen molar-refractivity contribution in [3.8, 4) is 0 Å². The van der Waals surface area contributed by atoms with Crippen molar-refractivity contribution >= 4 is 43.9 Å². The Balaban J connectivity index is 1.77. The fourth-order valence-electron chi connectivity index (χ4n) is 4.16. The van der Waals surface area contributed by atoms with Crippen LogP contribution in [0.1, 0.15) is 36.4 Å². The molecule has 0 unspecified atom stereocenters. The van der Waals surface area contributed by atoms with Gasteiger partial charge in [-0.3, -0.25) is 9.78 Å². The summed E-state index contributed by atoms with van der Waals surface area (Å²) in [7, 11) is 0. The van der Waals surface area contributed by atoms with Gasteiger partial charge in [0.15, 0.2) is 5.78 Å². The Morgan fingerprint density at radius 3 is 2.73 bits per heavy atom. The van der Waals surface area contributed by atoms with Crippen LogP contribution in [-0.4, -0.2) is 10.8 Å². The number of benzene rings is 2. The molecule has 0 saturated heterocycles. The third-order valence-electron chi connectivity index (χ3n) is 5.35. The monoisotopic (exact) mass is 404 g/mol. The number of aromatic nitrogens is 1. The van der Waals surface area contributed by atoms with Crippen molar-refractivity contribution in [3.05, 3.63) is 75.9 Å². The highest BCUT2D eigenvalue weighted by molar-refractivity contribution is 9.10. The van der Waals surface area contributed by atoms with Gasteiger partial charge < -0.3 is 5.32 Å². The number of Topliss-reactive ketones (excluding diaryl/α,β-unsaturated/α-hetero) is 1. The van der Waals surface area contributed by atoms with Gasteiger partial charge >= 0.3 is 0 Å². The van der Waals surface area contributed by atoms with E-state index in [9.17, 15) is 4.79 Å². The van der Waals surface area contributed by atoms with Crippen LogP contribution in [0.25, 0.3) is 16.5 Å². The zero-order valence-electron chi connectivity index (χ0n) is 14.1. The molecule has 0 bridgehead atoms. The fourth-order valence-corrected chi connectivity index (χ4v) is 4.42. The summed E-state index contributed by atoms with van der Waals surface area (Å²) in [6.45, 7) is 0. The molecule has 2 aliphatic rings. The van der Waals surface area contributed by atoms with Crippen LogP contribution in [0.15, 0.2) is 64.8 Å². The lowest BCUT2D eigenvalue weighted by Crippen LogP contribution is -2.27. The standard InChI is InChI=1S/C22H17BrN2O/c23-14-8-6-13(7-9-14)21-20-15(3-1-5-19(20)26)16-10-11-18-17(22(16)25-21)4-2-12-24-18/h2,4,6-12,21,25H,1,3,5H2/t21-/m1/s1. The number of anilines is 1. The van der Waals surface area contributed by atoms with Crippen LogP contribution in [0.3, 0.4) is 0 Å². The average Bonchev–Trinajstić information content (AvgIpc) is 2.68. The van der Waals surface area contributed by atoms with Crippen LogP contribution in [0.2, 0.25) is 0 Å². The van der Waals surface area contributed by atoms with Crippen LogP contribution >= 0.6 is 15.9 Å². The summed E-state index contributed by atoms with van der Waals surface area (Å²) in [6, 6.07) is 16.4. The molecular weight excluding hydrogens is 388 g/mol. The van der Waals surface area contributed by atoms with Gasteiger partial charge in [-0.1, -0.05) is 34.1 Å². The third kappa shape index (κ3) is 2.40. The summed E-state index contributed by atoms with van der Waals surface area (Å²) < 4.78 is 1.04. The number of carbonyl (C=O) groups is 1. The van der Waals surface area contributed by atoms with Gasteiger partial charge in [-0.2, -0.15) is 0 Å². The van der Waals surface area contributed by atoms with Crippen molar-refractivity contribution in [1.29, 1.82) is 0 Å². The van der Waals surface area contributed by atoms with Crippen molar-refractivity contribution in [2.24, 2.45) is 0 Å². The second-order valence-corrected chi connectivity index (χ2v) is 7.77. The lowest BCUT2D eigenvalue weighted by Gasteiger charge is -2.35. The largest absolute Gasteiger partial charge is 0.373 e. The van der Waals surface area contributed by atoms with Crippen molar-refractivity contribution in [3.63, 3.8) is 0 Å². The predicted octanol–water partition coefficient (Wildman–Crippen LogP) is 5.67. The van der Waals surface area contributed by atoms with Gasteiger partial charge in [0.25, 0.3) is 0 Å². The number of rotatable bonds is 1. The molecule has 5 rings (SSSR count). The Bertz CT molecular complexity index is 1070. The SMILES string of the molecule is O=C1CCCC2=C1[C@@H](c1ccc(Br)cc1)Nc1c2ccc2ncccc12. The zero-order valence-corrected chi connectivity index (χ0v) is 15.7. The van der Waals surface area contributed by atoms with Crippen molar-refractivity contribution < 1.29 is 4.79 Å². The maximum Gasteiger partial charge on any atom is 0.161 e. The molecule has 0 spiro atoms. The summed E-state index contributed by atoms with van der Waals surface area (Å²) in [5.41, 5.74) is 6.48. The summed E-state index contributed by atoms with van der Waals surface area (Å²) in [6.07, 6.45) is 4.33. The molecule has 2 aromatic carbocycles. The molecule has 0 radical (unpaired) electrons. The number of nitrogens with zero attached hydrogens (tertiary/aromatic N) is 1. The van der Waals surface area contributed by atoms with E-state index in [2.05, 4.69) is 56.6 Å². The van der Waals surface area contributed by atoms with Crippen molar-refractivity contribution in [2.45, 2.75) is 25.3 Å². The van der Waals surface area contributed by atoms with E-state index in [1.165, 1.54) is 5.57 Å². The quantitative estimate of drug-likeness (QED) is 0.567. The molecule has 0 amide bonds. The van der Waals surface area contributed by atoms with Crippen molar-refractivity contribution in [2.75, 3.05) is 5.32 Å². The summed E-state index contributed by atoms with van der Waals surface area (Å²) in [4.78, 5) is 17.3. The number of ketones is 1. The molecular formula is C22H17BrN2O. The fraction of sp³-hybridized carbons (Fsp3) is 0.182. The molecule has 1 aliphatic heterocycles. The van der Waals surface area contributed by atoms with E-state index < -0.39 is 0 Å². The Hall–Kier alpha value is -2.46. The summed E-state index contributed by atoms with van der Waals surface area (Å²) >= 11 is 3.50. The predicted molar refractivity (Wildman–Crippen MR) is 108 cm³/mol. The highest BCUT2D eigenvalue weighted by Crippen LogP contribution is 2.47. The van der Waals surface area contributed by atoms with Crippen LogP contribution < -0.4 is 5.32 Å². The average molecular weight is 405 g/mol. The third-order valence-corrected chi connectivity index (χ3v) is 5.88. The Morgan fingerprint density at radius 2 is 1.88 bits per heavy atom. The highest BCUT2D eigenvalue weighted by Gasteiger charge is 2.34. The van der Waals surface area contributed by atoms with E-state index in [1.807, 2.05) is 24.4 Å². The molecule has 3 nitrogen and oxygen atoms in total. The number of hydrogen-bond donors (Lipinski definition) is 1. The summed E-state index contributed by atoms with van der Waals surface area (Å²) in [5.74, 6) is 0.267. The minimum absolute atomic E-state index is 0.107. The Labute approximate surface area is 160 Å². The first kappa shape index (κ1) is 15.8. The van der Waals surface area contributed by atoms with Crippen LogP contribution in [0, 0.1) is 0 Å². The van der Waals surface area contributed by atoms with E-state index in [1.54, 1.807) is 0 Å². The maximum atomic E-state index is 12.8. The number of allylic oxidation sites excluding steroid dienone is 1. The molecule has 128 valence electrons. The lowest BCUT2D eigenvalue weighted by molar-refractivity contribution is -0.116.